The first-order valence-corrected chi connectivity index (χ1v) is 19.6. The molecule has 294 valence electrons. The van der Waals surface area contributed by atoms with Gasteiger partial charge < -0.3 is 41.4 Å². The number of rotatable bonds is 11. The number of nitrogens with one attached hydrogen (secondary N) is 2. The normalized spacial score (nSPS) is 15.8. The third kappa shape index (κ3) is 13.3. The Balaban J connectivity index is 0.000000211. The van der Waals surface area contributed by atoms with Gasteiger partial charge in [0.25, 0.3) is 11.8 Å². The Morgan fingerprint density at radius 3 is 1.38 bits per heavy atom. The molecule has 0 unspecified atom stereocenters. The lowest BCUT2D eigenvalue weighted by molar-refractivity contribution is 0.0810. The Kier molecular flexibility index (Phi) is 14.6. The van der Waals surface area contributed by atoms with Gasteiger partial charge in [0, 0.05) is 50.4 Å². The smallest absolute Gasteiger partial charge is 0.255 e. The molecule has 6 N–H and O–H groups in total. The highest BCUT2D eigenvalue weighted by molar-refractivity contribution is 6.06. The molecular weight excluding hydrogens is 689 g/mol. The Labute approximate surface area is 327 Å². The van der Waals surface area contributed by atoms with E-state index >= 15 is 0 Å². The molecule has 2 saturated heterocycles. The molecule has 2 aliphatic rings. The van der Waals surface area contributed by atoms with Gasteiger partial charge in [0.15, 0.2) is 0 Å². The molecular formula is C45H60N6O4. The SMILES string of the molecule is CC(C)(C)CN1CCC(Oc2ccc(C(=O)Nc3ccccc3N)cc2)CC1.CC(C)CN1CCC(Oc2ccc(C(=O)Nc3ccccc3N)cc2)CC1. The number of ether oxygens (including phenoxy) is 2. The molecule has 2 fully saturated rings. The zero-order valence-corrected chi connectivity index (χ0v) is 33.2. The number of amides is 2. The summed E-state index contributed by atoms with van der Waals surface area (Å²) in [6, 6.07) is 29.1. The molecule has 2 aliphatic heterocycles. The average molecular weight is 749 g/mol. The summed E-state index contributed by atoms with van der Waals surface area (Å²) in [4.78, 5) is 29.8. The number of nitrogens with zero attached hydrogens (tertiary/aromatic N) is 2. The van der Waals surface area contributed by atoms with Gasteiger partial charge in [-0.3, -0.25) is 9.59 Å². The molecule has 0 bridgehead atoms. The van der Waals surface area contributed by atoms with Crippen molar-refractivity contribution in [3.63, 3.8) is 0 Å². The monoisotopic (exact) mass is 748 g/mol. The fourth-order valence-corrected chi connectivity index (χ4v) is 6.95. The Bertz CT molecular complexity index is 1810. The lowest BCUT2D eigenvalue weighted by atomic mass is 9.94. The highest BCUT2D eigenvalue weighted by Gasteiger charge is 2.24. The van der Waals surface area contributed by atoms with Crippen LogP contribution in [0.25, 0.3) is 0 Å². The quantitative estimate of drug-likeness (QED) is 0.112. The summed E-state index contributed by atoms with van der Waals surface area (Å²) < 4.78 is 12.2. The predicted molar refractivity (Wildman–Crippen MR) is 225 cm³/mol. The van der Waals surface area contributed by atoms with Crippen molar-refractivity contribution in [2.45, 2.75) is 72.5 Å². The Morgan fingerprint density at radius 2 is 1.02 bits per heavy atom. The second-order valence-corrected chi connectivity index (χ2v) is 16.3. The van der Waals surface area contributed by atoms with E-state index in [1.807, 2.05) is 48.5 Å². The summed E-state index contributed by atoms with van der Waals surface area (Å²) in [5.41, 5.74) is 15.6. The molecule has 2 amide bonds. The van der Waals surface area contributed by atoms with E-state index in [0.29, 0.717) is 45.2 Å². The summed E-state index contributed by atoms with van der Waals surface area (Å²) in [6.45, 7) is 17.9. The molecule has 0 radical (unpaired) electrons. The molecule has 4 aromatic carbocycles. The number of carbonyl (C=O) groups is 2. The number of likely N-dealkylation sites (tertiary alicyclic amines) is 2. The van der Waals surface area contributed by atoms with Gasteiger partial charge in [-0.15, -0.1) is 0 Å². The van der Waals surface area contributed by atoms with Crippen LogP contribution >= 0.6 is 0 Å². The summed E-state index contributed by atoms with van der Waals surface area (Å²) >= 11 is 0. The minimum Gasteiger partial charge on any atom is -0.490 e. The number of piperidine rings is 2. The second-order valence-electron chi connectivity index (χ2n) is 16.3. The maximum Gasteiger partial charge on any atom is 0.255 e. The van der Waals surface area contributed by atoms with Crippen LogP contribution in [-0.4, -0.2) is 73.1 Å². The van der Waals surface area contributed by atoms with Crippen molar-refractivity contribution >= 4 is 34.6 Å². The zero-order chi connectivity index (χ0) is 39.4. The Hall–Kier alpha value is -5.06. The summed E-state index contributed by atoms with van der Waals surface area (Å²) in [5, 5.41) is 5.68. The number of hydrogen-bond donors (Lipinski definition) is 4. The fourth-order valence-electron chi connectivity index (χ4n) is 6.95. The van der Waals surface area contributed by atoms with Gasteiger partial charge in [0.05, 0.1) is 22.7 Å². The maximum absolute atomic E-state index is 12.4. The number of anilines is 4. The number of carbonyl (C=O) groups excluding carboxylic acids is 2. The molecule has 2 heterocycles. The first kappa shape index (κ1) is 41.1. The van der Waals surface area contributed by atoms with Crippen LogP contribution in [0.5, 0.6) is 11.5 Å². The van der Waals surface area contributed by atoms with Crippen molar-refractivity contribution in [1.29, 1.82) is 0 Å². The highest BCUT2D eigenvalue weighted by Crippen LogP contribution is 2.25. The van der Waals surface area contributed by atoms with Crippen LogP contribution in [0.4, 0.5) is 22.7 Å². The molecule has 0 aliphatic carbocycles. The lowest BCUT2D eigenvalue weighted by Gasteiger charge is -2.35. The molecule has 0 spiro atoms. The van der Waals surface area contributed by atoms with Crippen molar-refractivity contribution in [2.24, 2.45) is 11.3 Å². The molecule has 6 rings (SSSR count). The van der Waals surface area contributed by atoms with E-state index in [9.17, 15) is 9.59 Å². The highest BCUT2D eigenvalue weighted by atomic mass is 16.5. The molecule has 0 atom stereocenters. The van der Waals surface area contributed by atoms with E-state index in [1.54, 1.807) is 48.5 Å². The van der Waals surface area contributed by atoms with E-state index in [4.69, 9.17) is 20.9 Å². The first-order chi connectivity index (χ1) is 26.3. The Morgan fingerprint density at radius 1 is 0.636 bits per heavy atom. The number of nitrogens with two attached hydrogens (primary N) is 2. The number of benzene rings is 4. The topological polar surface area (TPSA) is 135 Å². The van der Waals surface area contributed by atoms with E-state index in [1.165, 1.54) is 0 Å². The van der Waals surface area contributed by atoms with Crippen LogP contribution in [0, 0.1) is 11.3 Å². The summed E-state index contributed by atoms with van der Waals surface area (Å²) in [6.07, 6.45) is 4.64. The largest absolute Gasteiger partial charge is 0.490 e. The van der Waals surface area contributed by atoms with Gasteiger partial charge in [-0.1, -0.05) is 58.9 Å². The fraction of sp³-hybridized carbons (Fsp3) is 0.422. The van der Waals surface area contributed by atoms with Crippen LogP contribution in [0.1, 0.15) is 81.0 Å². The van der Waals surface area contributed by atoms with Crippen molar-refractivity contribution in [3.05, 3.63) is 108 Å². The van der Waals surface area contributed by atoms with E-state index in [2.05, 4.69) is 55.1 Å². The van der Waals surface area contributed by atoms with Gasteiger partial charge in [0.1, 0.15) is 23.7 Å². The summed E-state index contributed by atoms with van der Waals surface area (Å²) in [5.74, 6) is 1.96. The maximum atomic E-state index is 12.4. The van der Waals surface area contributed by atoms with Gasteiger partial charge in [-0.05, 0) is 110 Å². The number of para-hydroxylation sites is 4. The van der Waals surface area contributed by atoms with E-state index in [-0.39, 0.29) is 24.0 Å². The van der Waals surface area contributed by atoms with Crippen molar-refractivity contribution in [1.82, 2.24) is 9.80 Å². The van der Waals surface area contributed by atoms with Gasteiger partial charge in [-0.2, -0.15) is 0 Å². The molecule has 0 aromatic heterocycles. The molecule has 55 heavy (non-hydrogen) atoms. The van der Waals surface area contributed by atoms with E-state index in [0.717, 1.165) is 76.5 Å². The van der Waals surface area contributed by atoms with Gasteiger partial charge >= 0.3 is 0 Å². The molecule has 10 heteroatoms. The van der Waals surface area contributed by atoms with Crippen LogP contribution in [0.3, 0.4) is 0 Å². The van der Waals surface area contributed by atoms with Crippen LogP contribution in [0.2, 0.25) is 0 Å². The summed E-state index contributed by atoms with van der Waals surface area (Å²) in [7, 11) is 0. The minimum atomic E-state index is -0.181. The van der Waals surface area contributed by atoms with Crippen molar-refractivity contribution in [2.75, 3.05) is 61.4 Å². The molecule has 4 aromatic rings. The minimum absolute atomic E-state index is 0.179. The molecule has 0 saturated carbocycles. The van der Waals surface area contributed by atoms with Crippen molar-refractivity contribution < 1.29 is 19.1 Å². The first-order valence-electron chi connectivity index (χ1n) is 19.6. The third-order valence-corrected chi connectivity index (χ3v) is 9.65. The average Bonchev–Trinajstić information content (AvgIpc) is 3.15. The second kappa shape index (κ2) is 19.5. The van der Waals surface area contributed by atoms with Crippen molar-refractivity contribution in [3.8, 4) is 11.5 Å². The van der Waals surface area contributed by atoms with Gasteiger partial charge in [0.2, 0.25) is 0 Å². The third-order valence-electron chi connectivity index (χ3n) is 9.65. The molecule has 10 nitrogen and oxygen atoms in total. The lowest BCUT2D eigenvalue weighted by Crippen LogP contribution is -2.42. The predicted octanol–water partition coefficient (Wildman–Crippen LogP) is 8.43. The van der Waals surface area contributed by atoms with E-state index < -0.39 is 0 Å². The standard InChI is InChI=1S/C23H31N3O2.C22H29N3O2/c1-23(2,3)16-26-14-12-19(13-15-26)28-18-10-8-17(9-11-18)22(27)25-21-7-5-4-6-20(21)24;1-16(2)15-25-13-11-19(12-14-25)27-18-9-7-17(8-10-18)22(26)24-21-6-4-3-5-20(21)23/h4-11,19H,12-16,24H2,1-3H3,(H,25,27);3-10,16,19H,11-15,23H2,1-2H3,(H,24,26). The number of hydrogen-bond acceptors (Lipinski definition) is 8. The van der Waals surface area contributed by atoms with Gasteiger partial charge in [-0.25, -0.2) is 0 Å². The zero-order valence-electron chi connectivity index (χ0n) is 33.2. The number of nitrogen functional groups attached to an aromatic ring is 2. The van der Waals surface area contributed by atoms with Crippen LogP contribution in [0.15, 0.2) is 97.1 Å². The van der Waals surface area contributed by atoms with Crippen LogP contribution < -0.4 is 31.6 Å². The van der Waals surface area contributed by atoms with Crippen LogP contribution in [-0.2, 0) is 0 Å².